The van der Waals surface area contributed by atoms with E-state index in [9.17, 15) is 9.59 Å². The molecule has 230 valence electrons. The number of nitrogens with two attached hydrogens (primary N) is 1. The van der Waals surface area contributed by atoms with Crippen molar-refractivity contribution in [2.45, 2.75) is 71.4 Å². The number of likely N-dealkylation sites (N-methyl/N-ethyl adjacent to an activating group) is 1. The molecule has 2 aliphatic rings. The fraction of sp³-hybridized carbons (Fsp3) is 0.655. The first-order valence-corrected chi connectivity index (χ1v) is 14.7. The van der Waals surface area contributed by atoms with Gasteiger partial charge in [0.15, 0.2) is 0 Å². The molecule has 2 fully saturated rings. The summed E-state index contributed by atoms with van der Waals surface area (Å²) in [7, 11) is 3.17. The van der Waals surface area contributed by atoms with Crippen LogP contribution in [0.15, 0.2) is 31.0 Å². The van der Waals surface area contributed by atoms with Crippen LogP contribution in [0.3, 0.4) is 0 Å². The minimum Gasteiger partial charge on any atom is -0.367 e. The Hall–Kier alpha value is -3.22. The summed E-state index contributed by atoms with van der Waals surface area (Å²) < 4.78 is 0. The van der Waals surface area contributed by atoms with Crippen LogP contribution in [0, 0.1) is 0 Å². The van der Waals surface area contributed by atoms with Gasteiger partial charge >= 0.3 is 0 Å². The lowest BCUT2D eigenvalue weighted by atomic mass is 10.0. The maximum atomic E-state index is 11.3. The number of rotatable bonds is 9. The van der Waals surface area contributed by atoms with E-state index in [4.69, 9.17) is 0 Å². The summed E-state index contributed by atoms with van der Waals surface area (Å²) in [5.41, 5.74) is 5.57. The smallest absolute Gasteiger partial charge is 0.233 e. The van der Waals surface area contributed by atoms with Crippen LogP contribution < -0.4 is 21.7 Å². The number of anilines is 2. The van der Waals surface area contributed by atoms with Gasteiger partial charge in [-0.15, -0.1) is 0 Å². The first-order chi connectivity index (χ1) is 20.0. The van der Waals surface area contributed by atoms with E-state index < -0.39 is 0 Å². The molecule has 0 atom stereocenters. The average molecular weight is 573 g/mol. The quantitative estimate of drug-likeness (QED) is 0.327. The van der Waals surface area contributed by atoms with Crippen molar-refractivity contribution in [2.75, 3.05) is 64.0 Å². The number of piperidine rings is 2. The summed E-state index contributed by atoms with van der Waals surface area (Å²) in [4.78, 5) is 42.7. The fourth-order valence-corrected chi connectivity index (χ4v) is 4.44. The summed E-state index contributed by atoms with van der Waals surface area (Å²) in [6.07, 6.45) is 10.0. The number of carbonyl (C=O) groups excluding carboxylic acids is 2. The summed E-state index contributed by atoms with van der Waals surface area (Å²) in [6, 6.07) is 4.78. The molecule has 0 saturated carbocycles. The van der Waals surface area contributed by atoms with Crippen LogP contribution in [-0.2, 0) is 9.59 Å². The van der Waals surface area contributed by atoms with Crippen molar-refractivity contribution in [1.29, 1.82) is 0 Å². The minimum absolute atomic E-state index is 0.0807. The Morgan fingerprint density at radius 2 is 1.51 bits per heavy atom. The molecule has 2 aliphatic heterocycles. The largest absolute Gasteiger partial charge is 0.367 e. The second kappa shape index (κ2) is 21.5. The molecule has 0 radical (unpaired) electrons. The number of nitrogens with one attached hydrogen (secondary N) is 3. The van der Waals surface area contributed by atoms with Crippen LogP contribution in [-0.4, -0.2) is 107 Å². The molecule has 2 aromatic rings. The van der Waals surface area contributed by atoms with Gasteiger partial charge in [0, 0.05) is 63.3 Å². The maximum Gasteiger partial charge on any atom is 0.233 e. The van der Waals surface area contributed by atoms with Crippen LogP contribution in [0.4, 0.5) is 11.6 Å². The zero-order valence-corrected chi connectivity index (χ0v) is 25.8. The van der Waals surface area contributed by atoms with Crippen molar-refractivity contribution in [3.05, 3.63) is 36.7 Å². The van der Waals surface area contributed by atoms with Gasteiger partial charge in [0.2, 0.25) is 5.91 Å². The predicted molar refractivity (Wildman–Crippen MR) is 166 cm³/mol. The number of aromatic nitrogens is 4. The van der Waals surface area contributed by atoms with Gasteiger partial charge < -0.3 is 26.5 Å². The maximum absolute atomic E-state index is 11.3. The minimum atomic E-state index is 0.0807. The van der Waals surface area contributed by atoms with Crippen molar-refractivity contribution in [3.8, 4) is 0 Å². The van der Waals surface area contributed by atoms with E-state index >= 15 is 0 Å². The number of amides is 1. The zero-order chi connectivity index (χ0) is 30.5. The Morgan fingerprint density at radius 3 is 2.02 bits per heavy atom. The first kappa shape index (κ1) is 35.8. The lowest BCUT2D eigenvalue weighted by Gasteiger charge is -2.31. The summed E-state index contributed by atoms with van der Waals surface area (Å²) in [6.45, 7) is 13.1. The number of carbonyl (C=O) groups is 2. The number of nitrogens with zero attached hydrogens (tertiary/aromatic N) is 6. The van der Waals surface area contributed by atoms with Gasteiger partial charge in [0.05, 0.1) is 13.1 Å². The third-order valence-electron chi connectivity index (χ3n) is 6.72. The van der Waals surface area contributed by atoms with E-state index in [0.29, 0.717) is 31.1 Å². The molecule has 12 heteroatoms. The van der Waals surface area contributed by atoms with Gasteiger partial charge in [-0.2, -0.15) is 0 Å². The highest BCUT2D eigenvalue weighted by molar-refractivity contribution is 5.77. The van der Waals surface area contributed by atoms with Crippen molar-refractivity contribution >= 4 is 23.8 Å². The number of hydrogen-bond acceptors (Lipinski definition) is 11. The Kier molecular flexibility index (Phi) is 18.8. The standard InChI is InChI=1S/C14H22N4O.C12H19N5O.C2H6.CH5N/c1-11(2)13-9-14(16-10-15-13)17-12-3-5-18(6-4-12)7-8-19;1-13-12(18)8-17-6-3-10(4-7-17)16-11-2-5-14-9-15-11;2*1-2/h8-12H,3-7H2,1-2H3,(H,15,16,17);2,5,9-10H,3-4,6-8H2,1H3,(H,13,18)(H,14,15,16);1-2H3;2H2,1H3. The second-order valence-electron chi connectivity index (χ2n) is 9.83. The highest BCUT2D eigenvalue weighted by atomic mass is 16.2. The molecule has 0 aliphatic carbocycles. The van der Waals surface area contributed by atoms with Crippen molar-refractivity contribution < 1.29 is 9.59 Å². The molecule has 4 rings (SSSR count). The molecule has 5 N–H and O–H groups in total. The molecule has 0 bridgehead atoms. The van der Waals surface area contributed by atoms with E-state index in [0.717, 1.165) is 75.5 Å². The van der Waals surface area contributed by atoms with Crippen LogP contribution in [0.1, 0.15) is 65.0 Å². The Bertz CT molecular complexity index is 948. The molecule has 41 heavy (non-hydrogen) atoms. The monoisotopic (exact) mass is 572 g/mol. The second-order valence-corrected chi connectivity index (χ2v) is 9.83. The summed E-state index contributed by atoms with van der Waals surface area (Å²) >= 11 is 0. The van der Waals surface area contributed by atoms with Crippen molar-refractivity contribution in [2.24, 2.45) is 5.73 Å². The van der Waals surface area contributed by atoms with Gasteiger partial charge in [-0.25, -0.2) is 19.9 Å². The Morgan fingerprint density at radius 1 is 0.951 bits per heavy atom. The van der Waals surface area contributed by atoms with Crippen LogP contribution >= 0.6 is 0 Å². The fourth-order valence-electron chi connectivity index (χ4n) is 4.44. The summed E-state index contributed by atoms with van der Waals surface area (Å²) in [5, 5.41) is 9.51. The SMILES string of the molecule is CC.CC(C)c1cc(NC2CCN(CC=O)CC2)ncn1.CN.CNC(=O)CN1CCC(Nc2ccncn2)CC1. The van der Waals surface area contributed by atoms with E-state index in [1.54, 1.807) is 25.9 Å². The molecule has 12 nitrogen and oxygen atoms in total. The van der Waals surface area contributed by atoms with E-state index in [-0.39, 0.29) is 5.91 Å². The molecule has 0 unspecified atom stereocenters. The van der Waals surface area contributed by atoms with Crippen molar-refractivity contribution in [3.63, 3.8) is 0 Å². The van der Waals surface area contributed by atoms with Crippen LogP contribution in [0.5, 0.6) is 0 Å². The van der Waals surface area contributed by atoms with Gasteiger partial charge in [-0.1, -0.05) is 27.7 Å². The third-order valence-corrected chi connectivity index (χ3v) is 6.72. The Labute approximate surface area is 246 Å². The molecule has 4 heterocycles. The van der Waals surface area contributed by atoms with Gasteiger partial charge in [0.1, 0.15) is 30.6 Å². The molecule has 1 amide bonds. The molecule has 0 aromatic carbocycles. The van der Waals surface area contributed by atoms with Crippen LogP contribution in [0.2, 0.25) is 0 Å². The highest BCUT2D eigenvalue weighted by Crippen LogP contribution is 2.18. The molecular formula is C29H52N10O2. The van der Waals surface area contributed by atoms with Crippen LogP contribution in [0.25, 0.3) is 0 Å². The molecular weight excluding hydrogens is 520 g/mol. The molecule has 2 aromatic heterocycles. The van der Waals surface area contributed by atoms with Gasteiger partial charge in [-0.3, -0.25) is 14.6 Å². The van der Waals surface area contributed by atoms with E-state index in [1.807, 2.05) is 26.0 Å². The number of aldehydes is 1. The topological polar surface area (TPSA) is 154 Å². The van der Waals surface area contributed by atoms with Crippen molar-refractivity contribution in [1.82, 2.24) is 35.1 Å². The highest BCUT2D eigenvalue weighted by Gasteiger charge is 2.21. The average Bonchev–Trinajstić information content (AvgIpc) is 3.02. The zero-order valence-electron chi connectivity index (χ0n) is 25.8. The van der Waals surface area contributed by atoms with Gasteiger partial charge in [0.25, 0.3) is 0 Å². The first-order valence-electron chi connectivity index (χ1n) is 14.7. The predicted octanol–water partition coefficient (Wildman–Crippen LogP) is 2.38. The lowest BCUT2D eigenvalue weighted by Crippen LogP contribution is -2.43. The molecule has 0 spiro atoms. The number of hydrogen-bond donors (Lipinski definition) is 4. The van der Waals surface area contributed by atoms with Gasteiger partial charge in [-0.05, 0) is 44.7 Å². The Balaban J connectivity index is 0.000000366. The number of likely N-dealkylation sites (tertiary alicyclic amines) is 2. The normalized spacial score (nSPS) is 16.1. The van der Waals surface area contributed by atoms with E-state index in [2.05, 4.69) is 65.3 Å². The summed E-state index contributed by atoms with van der Waals surface area (Å²) in [5.74, 6) is 2.28. The lowest BCUT2D eigenvalue weighted by molar-refractivity contribution is -0.122. The third kappa shape index (κ3) is 14.3. The molecule has 2 saturated heterocycles. The van der Waals surface area contributed by atoms with E-state index in [1.165, 1.54) is 7.05 Å².